The summed E-state index contributed by atoms with van der Waals surface area (Å²) in [6, 6.07) is 10.3. The van der Waals surface area contributed by atoms with Gasteiger partial charge in [0.15, 0.2) is 13.2 Å². The molecule has 0 aromatic heterocycles. The Morgan fingerprint density at radius 3 is 1.53 bits per heavy atom. The standard InChI is InChI=1S/C24H28Cl2N2O4/c1-15-9-19(25)5-7-21(15)31-13-23(29)27-11-18(4)28(12-17(27)3)24(30)14-32-22-8-6-20(26)10-16(22)2/h5-10,17-18H,11-14H2,1-4H3. The first-order chi connectivity index (χ1) is 15.2. The van der Waals surface area contributed by atoms with E-state index in [9.17, 15) is 9.59 Å². The number of piperazine rings is 1. The van der Waals surface area contributed by atoms with Crippen molar-refractivity contribution >= 4 is 35.0 Å². The predicted octanol–water partition coefficient (Wildman–Crippen LogP) is 4.52. The molecular formula is C24H28Cl2N2O4. The molecule has 6 nitrogen and oxygen atoms in total. The molecule has 0 N–H and O–H groups in total. The summed E-state index contributed by atoms with van der Waals surface area (Å²) in [5.41, 5.74) is 1.75. The Morgan fingerprint density at radius 2 is 1.19 bits per heavy atom. The second-order valence-electron chi connectivity index (χ2n) is 8.19. The molecule has 0 aliphatic carbocycles. The molecule has 2 aromatic carbocycles. The van der Waals surface area contributed by atoms with Crippen molar-refractivity contribution in [1.82, 2.24) is 9.80 Å². The minimum atomic E-state index is -0.130. The highest BCUT2D eigenvalue weighted by atomic mass is 35.5. The van der Waals surface area contributed by atoms with Gasteiger partial charge in [-0.1, -0.05) is 23.2 Å². The van der Waals surface area contributed by atoms with Crippen molar-refractivity contribution in [3.05, 3.63) is 57.6 Å². The van der Waals surface area contributed by atoms with Gasteiger partial charge in [-0.3, -0.25) is 9.59 Å². The van der Waals surface area contributed by atoms with E-state index < -0.39 is 0 Å². The number of amides is 2. The maximum atomic E-state index is 12.8. The number of carbonyl (C=O) groups is 2. The molecule has 0 spiro atoms. The molecule has 32 heavy (non-hydrogen) atoms. The summed E-state index contributed by atoms with van der Waals surface area (Å²) < 4.78 is 11.4. The number of ether oxygens (including phenoxy) is 2. The van der Waals surface area contributed by atoms with Gasteiger partial charge in [0.05, 0.1) is 0 Å². The van der Waals surface area contributed by atoms with E-state index in [1.54, 1.807) is 46.2 Å². The molecule has 3 rings (SSSR count). The SMILES string of the molecule is Cc1cc(Cl)ccc1OCC(=O)N1CC(C)N(C(=O)COc2ccc(Cl)cc2C)CC1C. The van der Waals surface area contributed by atoms with Gasteiger partial charge >= 0.3 is 0 Å². The van der Waals surface area contributed by atoms with Crippen LogP contribution >= 0.6 is 23.2 Å². The van der Waals surface area contributed by atoms with Gasteiger partial charge in [-0.15, -0.1) is 0 Å². The van der Waals surface area contributed by atoms with Crippen LogP contribution in [0.3, 0.4) is 0 Å². The number of halogens is 2. The zero-order chi connectivity index (χ0) is 23.4. The lowest BCUT2D eigenvalue weighted by atomic mass is 10.1. The first-order valence-electron chi connectivity index (χ1n) is 10.5. The lowest BCUT2D eigenvalue weighted by Crippen LogP contribution is -2.60. The van der Waals surface area contributed by atoms with Crippen LogP contribution in [0, 0.1) is 13.8 Å². The summed E-state index contributed by atoms with van der Waals surface area (Å²) in [6.45, 7) is 8.38. The van der Waals surface area contributed by atoms with Crippen molar-refractivity contribution in [2.75, 3.05) is 26.3 Å². The highest BCUT2D eigenvalue weighted by Crippen LogP contribution is 2.24. The Labute approximate surface area is 199 Å². The van der Waals surface area contributed by atoms with Crippen molar-refractivity contribution in [3.8, 4) is 11.5 Å². The summed E-state index contributed by atoms with van der Waals surface area (Å²) >= 11 is 11.9. The lowest BCUT2D eigenvalue weighted by molar-refractivity contribution is -0.148. The second kappa shape index (κ2) is 10.5. The molecule has 1 saturated heterocycles. The molecule has 0 bridgehead atoms. The topological polar surface area (TPSA) is 59.1 Å². The van der Waals surface area contributed by atoms with E-state index in [2.05, 4.69) is 0 Å². The summed E-state index contributed by atoms with van der Waals surface area (Å²) in [6.07, 6.45) is 0. The van der Waals surface area contributed by atoms with E-state index in [0.29, 0.717) is 34.6 Å². The van der Waals surface area contributed by atoms with Gasteiger partial charge in [0, 0.05) is 35.2 Å². The molecule has 2 amide bonds. The van der Waals surface area contributed by atoms with Crippen LogP contribution in [-0.4, -0.2) is 60.0 Å². The average Bonchev–Trinajstić information content (AvgIpc) is 2.73. The Morgan fingerprint density at radius 1 is 0.812 bits per heavy atom. The van der Waals surface area contributed by atoms with Crippen molar-refractivity contribution in [2.45, 2.75) is 39.8 Å². The van der Waals surface area contributed by atoms with Gasteiger partial charge in [0.2, 0.25) is 0 Å². The van der Waals surface area contributed by atoms with E-state index in [1.807, 2.05) is 27.7 Å². The molecule has 1 aliphatic heterocycles. The van der Waals surface area contributed by atoms with Gasteiger partial charge < -0.3 is 19.3 Å². The number of hydrogen-bond acceptors (Lipinski definition) is 4. The minimum absolute atomic E-state index is 0.0631. The zero-order valence-electron chi connectivity index (χ0n) is 18.7. The third-order valence-corrected chi connectivity index (χ3v) is 6.07. The summed E-state index contributed by atoms with van der Waals surface area (Å²) in [5.74, 6) is 1.04. The van der Waals surface area contributed by atoms with Crippen LogP contribution in [0.1, 0.15) is 25.0 Å². The lowest BCUT2D eigenvalue weighted by Gasteiger charge is -2.44. The molecule has 1 fully saturated rings. The van der Waals surface area contributed by atoms with Crippen molar-refractivity contribution < 1.29 is 19.1 Å². The number of benzene rings is 2. The molecule has 1 aliphatic rings. The van der Waals surface area contributed by atoms with Gasteiger partial charge in [-0.2, -0.15) is 0 Å². The van der Waals surface area contributed by atoms with Crippen LogP contribution in [0.4, 0.5) is 0 Å². The molecule has 0 radical (unpaired) electrons. The third kappa shape index (κ3) is 5.87. The van der Waals surface area contributed by atoms with Crippen molar-refractivity contribution in [1.29, 1.82) is 0 Å². The molecule has 2 aromatic rings. The largest absolute Gasteiger partial charge is 0.483 e. The fraction of sp³-hybridized carbons (Fsp3) is 0.417. The minimum Gasteiger partial charge on any atom is -0.483 e. The van der Waals surface area contributed by atoms with Crippen molar-refractivity contribution in [2.24, 2.45) is 0 Å². The summed E-state index contributed by atoms with van der Waals surface area (Å²) in [5, 5.41) is 1.25. The summed E-state index contributed by atoms with van der Waals surface area (Å²) in [4.78, 5) is 29.1. The number of hydrogen-bond donors (Lipinski definition) is 0. The fourth-order valence-electron chi connectivity index (χ4n) is 3.82. The highest BCUT2D eigenvalue weighted by Gasteiger charge is 2.34. The maximum Gasteiger partial charge on any atom is 0.260 e. The average molecular weight is 479 g/mol. The second-order valence-corrected chi connectivity index (χ2v) is 9.06. The van der Waals surface area contributed by atoms with Crippen molar-refractivity contribution in [3.63, 3.8) is 0 Å². The van der Waals surface area contributed by atoms with Gasteiger partial charge in [0.25, 0.3) is 11.8 Å². The highest BCUT2D eigenvalue weighted by molar-refractivity contribution is 6.31. The smallest absolute Gasteiger partial charge is 0.260 e. The molecule has 8 heteroatoms. The molecule has 2 atom stereocenters. The van der Waals surface area contributed by atoms with Crippen LogP contribution in [0.5, 0.6) is 11.5 Å². The number of rotatable bonds is 6. The molecule has 1 heterocycles. The van der Waals surface area contributed by atoms with Gasteiger partial charge in [0.1, 0.15) is 11.5 Å². The normalized spacial score (nSPS) is 18.4. The van der Waals surface area contributed by atoms with Gasteiger partial charge in [-0.25, -0.2) is 0 Å². The predicted molar refractivity (Wildman–Crippen MR) is 126 cm³/mol. The van der Waals surface area contributed by atoms with Crippen LogP contribution in [0.2, 0.25) is 10.0 Å². The quantitative estimate of drug-likeness (QED) is 0.612. The number of nitrogens with zero attached hydrogens (tertiary/aromatic N) is 2. The number of aryl methyl sites for hydroxylation is 2. The number of carbonyl (C=O) groups excluding carboxylic acids is 2. The molecule has 172 valence electrons. The zero-order valence-corrected chi connectivity index (χ0v) is 20.2. The summed E-state index contributed by atoms with van der Waals surface area (Å²) in [7, 11) is 0. The molecule has 2 unspecified atom stereocenters. The van der Waals surface area contributed by atoms with E-state index in [0.717, 1.165) is 11.1 Å². The Bertz CT molecular complexity index is 918. The fourth-order valence-corrected chi connectivity index (χ4v) is 4.27. The van der Waals surface area contributed by atoms with E-state index in [4.69, 9.17) is 32.7 Å². The van der Waals surface area contributed by atoms with Gasteiger partial charge in [-0.05, 0) is 75.2 Å². The molecule has 0 saturated carbocycles. The Balaban J connectivity index is 1.54. The van der Waals surface area contributed by atoms with E-state index >= 15 is 0 Å². The monoisotopic (exact) mass is 478 g/mol. The Kier molecular flexibility index (Phi) is 7.91. The van der Waals surface area contributed by atoms with Crippen LogP contribution < -0.4 is 9.47 Å². The first-order valence-corrected chi connectivity index (χ1v) is 11.3. The Hall–Kier alpha value is -2.44. The van der Waals surface area contributed by atoms with Crippen LogP contribution in [0.25, 0.3) is 0 Å². The van der Waals surface area contributed by atoms with Crippen LogP contribution in [-0.2, 0) is 9.59 Å². The maximum absolute atomic E-state index is 12.8. The molecular weight excluding hydrogens is 451 g/mol. The van der Waals surface area contributed by atoms with E-state index in [1.165, 1.54) is 0 Å². The van der Waals surface area contributed by atoms with Crippen LogP contribution in [0.15, 0.2) is 36.4 Å². The third-order valence-electron chi connectivity index (χ3n) is 5.60. The van der Waals surface area contributed by atoms with E-state index in [-0.39, 0.29) is 37.1 Å². The first kappa shape index (κ1) is 24.2.